The summed E-state index contributed by atoms with van der Waals surface area (Å²) in [5.74, 6) is 2.75. The standard InChI is InChI=1S/C16H28N4O/c1-3-7-14-18-15(17-4-2)12-16(19-14)20(10-11-21)13-8-5-6-9-13/h12-13,21H,3-11H2,1-2H3,(H,17,18,19). The predicted molar refractivity (Wildman–Crippen MR) is 86.9 cm³/mol. The summed E-state index contributed by atoms with van der Waals surface area (Å²) in [4.78, 5) is 11.6. The first-order valence-electron chi connectivity index (χ1n) is 8.27. The second-order valence-corrected chi connectivity index (χ2v) is 5.66. The first-order chi connectivity index (χ1) is 10.3. The smallest absolute Gasteiger partial charge is 0.134 e. The SMILES string of the molecule is CCCc1nc(NCC)cc(N(CCO)C2CCCC2)n1. The molecule has 1 fully saturated rings. The quantitative estimate of drug-likeness (QED) is 0.771. The molecular weight excluding hydrogens is 264 g/mol. The Labute approximate surface area is 127 Å². The number of hydrogen-bond donors (Lipinski definition) is 2. The zero-order valence-corrected chi connectivity index (χ0v) is 13.3. The highest BCUT2D eigenvalue weighted by Crippen LogP contribution is 2.28. The molecular formula is C16H28N4O. The Kier molecular flexibility index (Phi) is 6.23. The molecule has 0 saturated heterocycles. The lowest BCUT2D eigenvalue weighted by Gasteiger charge is -2.30. The lowest BCUT2D eigenvalue weighted by Crippen LogP contribution is -2.36. The summed E-state index contributed by atoms with van der Waals surface area (Å²) >= 11 is 0. The molecule has 0 aliphatic heterocycles. The largest absolute Gasteiger partial charge is 0.395 e. The van der Waals surface area contributed by atoms with Crippen LogP contribution in [0.4, 0.5) is 11.6 Å². The Balaban J connectivity index is 2.27. The van der Waals surface area contributed by atoms with Crippen molar-refractivity contribution in [1.29, 1.82) is 0 Å². The Morgan fingerprint density at radius 1 is 1.29 bits per heavy atom. The van der Waals surface area contributed by atoms with Gasteiger partial charge in [-0.1, -0.05) is 19.8 Å². The number of anilines is 2. The predicted octanol–water partition coefficient (Wildman–Crippen LogP) is 2.60. The van der Waals surface area contributed by atoms with Gasteiger partial charge in [0.25, 0.3) is 0 Å². The molecule has 1 heterocycles. The van der Waals surface area contributed by atoms with Gasteiger partial charge in [0.2, 0.25) is 0 Å². The third kappa shape index (κ3) is 4.30. The fourth-order valence-corrected chi connectivity index (χ4v) is 3.05. The summed E-state index contributed by atoms with van der Waals surface area (Å²) in [6, 6.07) is 2.53. The van der Waals surface area contributed by atoms with Crippen LogP contribution in [0.15, 0.2) is 6.07 Å². The minimum Gasteiger partial charge on any atom is -0.395 e. The van der Waals surface area contributed by atoms with E-state index in [-0.39, 0.29) is 6.61 Å². The molecule has 0 aromatic carbocycles. The van der Waals surface area contributed by atoms with E-state index in [2.05, 4.69) is 29.0 Å². The molecule has 0 amide bonds. The normalized spacial score (nSPS) is 15.4. The van der Waals surface area contributed by atoms with Crippen LogP contribution in [0.25, 0.3) is 0 Å². The van der Waals surface area contributed by atoms with Crippen LogP contribution in [-0.4, -0.2) is 40.8 Å². The third-order valence-electron chi connectivity index (χ3n) is 3.99. The molecule has 0 radical (unpaired) electrons. The van der Waals surface area contributed by atoms with Crippen LogP contribution in [-0.2, 0) is 6.42 Å². The van der Waals surface area contributed by atoms with Gasteiger partial charge in [-0.2, -0.15) is 0 Å². The van der Waals surface area contributed by atoms with Gasteiger partial charge in [-0.15, -0.1) is 0 Å². The van der Waals surface area contributed by atoms with E-state index >= 15 is 0 Å². The van der Waals surface area contributed by atoms with Crippen LogP contribution in [0.3, 0.4) is 0 Å². The summed E-state index contributed by atoms with van der Waals surface area (Å²) in [6.45, 7) is 5.89. The molecule has 0 atom stereocenters. The van der Waals surface area contributed by atoms with Crippen molar-refractivity contribution in [2.45, 2.75) is 58.4 Å². The Hall–Kier alpha value is -1.36. The summed E-state index contributed by atoms with van der Waals surface area (Å²) in [6.07, 6.45) is 6.88. The molecule has 1 aromatic rings. The van der Waals surface area contributed by atoms with Crippen molar-refractivity contribution in [3.8, 4) is 0 Å². The number of aryl methyl sites for hydroxylation is 1. The zero-order chi connectivity index (χ0) is 15.1. The summed E-state index contributed by atoms with van der Waals surface area (Å²) in [5.41, 5.74) is 0. The van der Waals surface area contributed by atoms with E-state index in [0.717, 1.165) is 36.8 Å². The van der Waals surface area contributed by atoms with Gasteiger partial charge in [-0.25, -0.2) is 9.97 Å². The first kappa shape index (κ1) is 16.0. The number of aliphatic hydroxyl groups excluding tert-OH is 1. The van der Waals surface area contributed by atoms with Gasteiger partial charge >= 0.3 is 0 Å². The van der Waals surface area contributed by atoms with E-state index in [9.17, 15) is 5.11 Å². The van der Waals surface area contributed by atoms with Gasteiger partial charge in [0.1, 0.15) is 17.5 Å². The molecule has 1 saturated carbocycles. The van der Waals surface area contributed by atoms with Crippen molar-refractivity contribution < 1.29 is 5.11 Å². The number of rotatable bonds is 8. The molecule has 1 aliphatic carbocycles. The van der Waals surface area contributed by atoms with Gasteiger partial charge in [-0.05, 0) is 26.2 Å². The molecule has 21 heavy (non-hydrogen) atoms. The average Bonchev–Trinajstić information content (AvgIpc) is 2.99. The molecule has 2 N–H and O–H groups in total. The number of aliphatic hydroxyl groups is 1. The molecule has 2 rings (SSSR count). The number of nitrogens with zero attached hydrogens (tertiary/aromatic N) is 3. The maximum Gasteiger partial charge on any atom is 0.134 e. The Bertz CT molecular complexity index is 408. The van der Waals surface area contributed by atoms with E-state index < -0.39 is 0 Å². The average molecular weight is 292 g/mol. The topological polar surface area (TPSA) is 61.3 Å². The van der Waals surface area contributed by atoms with E-state index in [1.165, 1.54) is 25.7 Å². The van der Waals surface area contributed by atoms with Crippen LogP contribution in [0, 0.1) is 0 Å². The van der Waals surface area contributed by atoms with Gasteiger partial charge < -0.3 is 15.3 Å². The van der Waals surface area contributed by atoms with Crippen molar-refractivity contribution >= 4 is 11.6 Å². The van der Waals surface area contributed by atoms with Crippen molar-refractivity contribution in [3.63, 3.8) is 0 Å². The van der Waals surface area contributed by atoms with E-state index in [1.807, 2.05) is 6.07 Å². The highest BCUT2D eigenvalue weighted by Gasteiger charge is 2.24. The molecule has 1 aliphatic rings. The van der Waals surface area contributed by atoms with Crippen LogP contribution in [0.2, 0.25) is 0 Å². The maximum absolute atomic E-state index is 9.40. The van der Waals surface area contributed by atoms with Crippen LogP contribution in [0.5, 0.6) is 0 Å². The Morgan fingerprint density at radius 3 is 2.67 bits per heavy atom. The summed E-state index contributed by atoms with van der Waals surface area (Å²) in [7, 11) is 0. The van der Waals surface area contributed by atoms with Crippen LogP contribution < -0.4 is 10.2 Å². The number of aromatic nitrogens is 2. The molecule has 0 spiro atoms. The molecule has 1 aromatic heterocycles. The molecule has 118 valence electrons. The molecule has 5 nitrogen and oxygen atoms in total. The van der Waals surface area contributed by atoms with Crippen LogP contribution in [0.1, 0.15) is 51.8 Å². The third-order valence-corrected chi connectivity index (χ3v) is 3.99. The number of nitrogens with one attached hydrogen (secondary N) is 1. The zero-order valence-electron chi connectivity index (χ0n) is 13.3. The summed E-state index contributed by atoms with van der Waals surface area (Å²) < 4.78 is 0. The van der Waals surface area contributed by atoms with Gasteiger partial charge in [0.15, 0.2) is 0 Å². The van der Waals surface area contributed by atoms with Crippen molar-refractivity contribution in [3.05, 3.63) is 11.9 Å². The van der Waals surface area contributed by atoms with E-state index in [1.54, 1.807) is 0 Å². The second kappa shape index (κ2) is 8.17. The fourth-order valence-electron chi connectivity index (χ4n) is 3.05. The molecule has 0 bridgehead atoms. The molecule has 5 heteroatoms. The van der Waals surface area contributed by atoms with E-state index in [4.69, 9.17) is 4.98 Å². The minimum atomic E-state index is 0.167. The highest BCUT2D eigenvalue weighted by atomic mass is 16.3. The maximum atomic E-state index is 9.40. The van der Waals surface area contributed by atoms with Crippen molar-refractivity contribution in [2.24, 2.45) is 0 Å². The van der Waals surface area contributed by atoms with Gasteiger partial charge in [0.05, 0.1) is 6.61 Å². The molecule has 0 unspecified atom stereocenters. The van der Waals surface area contributed by atoms with Crippen molar-refractivity contribution in [2.75, 3.05) is 29.9 Å². The van der Waals surface area contributed by atoms with Gasteiger partial charge in [-0.3, -0.25) is 0 Å². The minimum absolute atomic E-state index is 0.167. The monoisotopic (exact) mass is 292 g/mol. The van der Waals surface area contributed by atoms with E-state index in [0.29, 0.717) is 12.6 Å². The van der Waals surface area contributed by atoms with Crippen molar-refractivity contribution in [1.82, 2.24) is 9.97 Å². The Morgan fingerprint density at radius 2 is 2.05 bits per heavy atom. The number of hydrogen-bond acceptors (Lipinski definition) is 5. The lowest BCUT2D eigenvalue weighted by atomic mass is 10.2. The van der Waals surface area contributed by atoms with Gasteiger partial charge in [0, 0.05) is 31.6 Å². The summed E-state index contributed by atoms with van der Waals surface area (Å²) in [5, 5.41) is 12.7. The second-order valence-electron chi connectivity index (χ2n) is 5.66. The van der Waals surface area contributed by atoms with Crippen LogP contribution >= 0.6 is 0 Å². The lowest BCUT2D eigenvalue weighted by molar-refractivity contribution is 0.296. The highest BCUT2D eigenvalue weighted by molar-refractivity contribution is 5.50. The fraction of sp³-hybridized carbons (Fsp3) is 0.750. The first-order valence-corrected chi connectivity index (χ1v) is 8.27.